The molecule has 1 heterocycles. The smallest absolute Gasteiger partial charge is 0.344 e. The normalized spacial score (nSPS) is 10.8. The summed E-state index contributed by atoms with van der Waals surface area (Å²) in [6, 6.07) is 20.6. The monoisotopic (exact) mass is 316 g/mol. The molecule has 0 aliphatic heterocycles. The minimum atomic E-state index is -0.589. The van der Waals surface area contributed by atoms with Gasteiger partial charge in [0.1, 0.15) is 16.9 Å². The number of hydrogen-bond donors (Lipinski definition) is 0. The summed E-state index contributed by atoms with van der Waals surface area (Å²) < 4.78 is 11.1. The molecule has 0 saturated carbocycles. The van der Waals surface area contributed by atoms with Crippen LogP contribution in [0.15, 0.2) is 82.0 Å². The van der Waals surface area contributed by atoms with Crippen molar-refractivity contribution in [2.75, 3.05) is 0 Å². The summed E-state index contributed by atoms with van der Waals surface area (Å²) >= 11 is 0. The van der Waals surface area contributed by atoms with Crippen molar-refractivity contribution < 1.29 is 13.9 Å². The number of benzene rings is 3. The van der Waals surface area contributed by atoms with E-state index in [0.29, 0.717) is 22.3 Å². The summed E-state index contributed by atoms with van der Waals surface area (Å²) in [5.74, 6) is -0.168. The van der Waals surface area contributed by atoms with Gasteiger partial charge in [0.25, 0.3) is 0 Å². The van der Waals surface area contributed by atoms with E-state index in [4.69, 9.17) is 9.15 Å². The van der Waals surface area contributed by atoms with Gasteiger partial charge in [-0.3, -0.25) is 4.79 Å². The lowest BCUT2D eigenvalue weighted by Gasteiger charge is -2.07. The molecule has 0 radical (unpaired) electrons. The molecular formula is C20H12O4. The summed E-state index contributed by atoms with van der Waals surface area (Å²) in [6.07, 6.45) is 0. The Balaban J connectivity index is 1.91. The van der Waals surface area contributed by atoms with Crippen LogP contribution in [0.3, 0.4) is 0 Å². The van der Waals surface area contributed by atoms with E-state index < -0.39 is 5.97 Å². The molecule has 0 aliphatic carbocycles. The van der Waals surface area contributed by atoms with Crippen LogP contribution in [0, 0.1) is 0 Å². The van der Waals surface area contributed by atoms with E-state index in [-0.39, 0.29) is 16.4 Å². The molecule has 4 aromatic rings. The van der Waals surface area contributed by atoms with E-state index >= 15 is 0 Å². The fourth-order valence-corrected chi connectivity index (χ4v) is 2.67. The van der Waals surface area contributed by atoms with Crippen LogP contribution < -0.4 is 10.2 Å². The zero-order valence-electron chi connectivity index (χ0n) is 12.6. The molecule has 0 amide bonds. The first-order valence-corrected chi connectivity index (χ1v) is 7.46. The Kier molecular flexibility index (Phi) is 3.35. The van der Waals surface area contributed by atoms with Gasteiger partial charge in [0, 0.05) is 0 Å². The van der Waals surface area contributed by atoms with Gasteiger partial charge in [-0.05, 0) is 36.4 Å². The Hall–Kier alpha value is -3.40. The maximum atomic E-state index is 12.8. The zero-order chi connectivity index (χ0) is 16.5. The average Bonchev–Trinajstić information content (AvgIpc) is 2.62. The standard InChI is InChI=1S/C20H12O4/c21-19-14-9-4-5-11-16(14)24-17-12-6-10-15(18(17)19)20(22)23-13-7-2-1-3-8-13/h1-12H. The average molecular weight is 316 g/mol. The van der Waals surface area contributed by atoms with Crippen LogP contribution in [0.4, 0.5) is 0 Å². The first kappa shape index (κ1) is 14.2. The maximum Gasteiger partial charge on any atom is 0.344 e. The molecule has 1 aromatic heterocycles. The molecule has 0 spiro atoms. The molecule has 0 aliphatic rings. The van der Waals surface area contributed by atoms with Crippen molar-refractivity contribution in [3.05, 3.63) is 88.6 Å². The highest BCUT2D eigenvalue weighted by molar-refractivity contribution is 6.06. The van der Waals surface area contributed by atoms with Gasteiger partial charge >= 0.3 is 5.97 Å². The zero-order valence-corrected chi connectivity index (χ0v) is 12.6. The second-order valence-electron chi connectivity index (χ2n) is 5.31. The van der Waals surface area contributed by atoms with Crippen LogP contribution in [-0.2, 0) is 0 Å². The lowest BCUT2D eigenvalue weighted by atomic mass is 10.1. The van der Waals surface area contributed by atoms with Crippen molar-refractivity contribution in [3.8, 4) is 5.75 Å². The number of ether oxygens (including phenoxy) is 1. The van der Waals surface area contributed by atoms with Crippen molar-refractivity contribution in [3.63, 3.8) is 0 Å². The lowest BCUT2D eigenvalue weighted by Crippen LogP contribution is -2.13. The number of para-hydroxylation sites is 2. The molecule has 0 atom stereocenters. The fraction of sp³-hybridized carbons (Fsp3) is 0. The quantitative estimate of drug-likeness (QED) is 0.316. The number of hydrogen-bond acceptors (Lipinski definition) is 4. The summed E-state index contributed by atoms with van der Waals surface area (Å²) in [7, 11) is 0. The van der Waals surface area contributed by atoms with E-state index in [0.717, 1.165) is 0 Å². The summed E-state index contributed by atoms with van der Waals surface area (Å²) in [6.45, 7) is 0. The molecule has 0 N–H and O–H groups in total. The van der Waals surface area contributed by atoms with Gasteiger partial charge in [0.15, 0.2) is 0 Å². The highest BCUT2D eigenvalue weighted by Crippen LogP contribution is 2.22. The molecule has 0 bridgehead atoms. The summed E-state index contributed by atoms with van der Waals surface area (Å²) in [5.41, 5.74) is 0.799. The molecule has 24 heavy (non-hydrogen) atoms. The minimum absolute atomic E-state index is 0.191. The number of rotatable bonds is 2. The van der Waals surface area contributed by atoms with Crippen LogP contribution in [-0.4, -0.2) is 5.97 Å². The summed E-state index contributed by atoms with van der Waals surface area (Å²) in [5, 5.41) is 0.669. The second kappa shape index (κ2) is 5.66. The van der Waals surface area contributed by atoms with Gasteiger partial charge in [0.05, 0.1) is 16.3 Å². The van der Waals surface area contributed by atoms with Gasteiger partial charge in [0.2, 0.25) is 5.43 Å². The van der Waals surface area contributed by atoms with Crippen LogP contribution in [0.1, 0.15) is 10.4 Å². The predicted octanol–water partition coefficient (Wildman–Crippen LogP) is 4.17. The van der Waals surface area contributed by atoms with Crippen molar-refractivity contribution >= 4 is 27.9 Å². The topological polar surface area (TPSA) is 56.5 Å². The summed E-state index contributed by atoms with van der Waals surface area (Å²) in [4.78, 5) is 25.3. The second-order valence-corrected chi connectivity index (χ2v) is 5.31. The van der Waals surface area contributed by atoms with Crippen LogP contribution in [0.5, 0.6) is 5.75 Å². The van der Waals surface area contributed by atoms with E-state index in [1.807, 2.05) is 6.07 Å². The van der Waals surface area contributed by atoms with Gasteiger partial charge in [-0.25, -0.2) is 4.79 Å². The van der Waals surface area contributed by atoms with Crippen molar-refractivity contribution in [2.45, 2.75) is 0 Å². The Morgan fingerprint density at radius 2 is 1.50 bits per heavy atom. The van der Waals surface area contributed by atoms with Gasteiger partial charge in [-0.1, -0.05) is 36.4 Å². The first-order chi connectivity index (χ1) is 11.7. The van der Waals surface area contributed by atoms with Crippen molar-refractivity contribution in [1.82, 2.24) is 0 Å². The molecule has 3 aromatic carbocycles. The van der Waals surface area contributed by atoms with E-state index in [2.05, 4.69) is 0 Å². The molecule has 0 fully saturated rings. The van der Waals surface area contributed by atoms with Crippen molar-refractivity contribution in [1.29, 1.82) is 0 Å². The van der Waals surface area contributed by atoms with E-state index in [9.17, 15) is 9.59 Å². The Morgan fingerprint density at radius 1 is 0.792 bits per heavy atom. The predicted molar refractivity (Wildman–Crippen MR) is 91.4 cm³/mol. The first-order valence-electron chi connectivity index (χ1n) is 7.46. The largest absolute Gasteiger partial charge is 0.456 e. The number of esters is 1. The molecule has 116 valence electrons. The number of fused-ring (bicyclic) bond motifs is 2. The third kappa shape index (κ3) is 2.34. The molecular weight excluding hydrogens is 304 g/mol. The maximum absolute atomic E-state index is 12.8. The van der Waals surface area contributed by atoms with Gasteiger partial charge in [-0.2, -0.15) is 0 Å². The molecule has 0 unspecified atom stereocenters. The SMILES string of the molecule is O=C(Oc1ccccc1)c1cccc2oc3ccccc3c(=O)c12. The lowest BCUT2D eigenvalue weighted by molar-refractivity contribution is 0.0736. The van der Waals surface area contributed by atoms with E-state index in [1.165, 1.54) is 0 Å². The fourth-order valence-electron chi connectivity index (χ4n) is 2.67. The van der Waals surface area contributed by atoms with Gasteiger partial charge in [-0.15, -0.1) is 0 Å². The Labute approximate surface area is 136 Å². The van der Waals surface area contributed by atoms with Crippen LogP contribution in [0.2, 0.25) is 0 Å². The Bertz CT molecular complexity index is 1110. The van der Waals surface area contributed by atoms with Crippen LogP contribution >= 0.6 is 0 Å². The highest BCUT2D eigenvalue weighted by Gasteiger charge is 2.17. The van der Waals surface area contributed by atoms with Crippen LogP contribution in [0.25, 0.3) is 21.9 Å². The minimum Gasteiger partial charge on any atom is -0.456 e. The molecule has 4 nitrogen and oxygen atoms in total. The van der Waals surface area contributed by atoms with Gasteiger partial charge < -0.3 is 9.15 Å². The molecule has 4 heteroatoms. The third-order valence-electron chi connectivity index (χ3n) is 3.78. The third-order valence-corrected chi connectivity index (χ3v) is 3.78. The van der Waals surface area contributed by atoms with E-state index in [1.54, 1.807) is 66.7 Å². The Morgan fingerprint density at radius 3 is 2.33 bits per heavy atom. The molecule has 4 rings (SSSR count). The molecule has 0 saturated heterocycles. The highest BCUT2D eigenvalue weighted by atomic mass is 16.5. The van der Waals surface area contributed by atoms with Crippen molar-refractivity contribution in [2.24, 2.45) is 0 Å². The number of carbonyl (C=O) groups excluding carboxylic acids is 1. The number of carbonyl (C=O) groups is 1.